The lowest BCUT2D eigenvalue weighted by Crippen LogP contribution is -2.23. The number of pyridine rings is 1. The molecule has 1 N–H and O–H groups in total. The summed E-state index contributed by atoms with van der Waals surface area (Å²) in [6, 6.07) is 16.3. The van der Waals surface area contributed by atoms with E-state index in [1.165, 1.54) is 6.07 Å². The molecule has 3 rings (SSSR count). The molecule has 0 fully saturated rings. The van der Waals surface area contributed by atoms with E-state index in [1.807, 2.05) is 56.3 Å². The highest BCUT2D eigenvalue weighted by molar-refractivity contribution is 6.04. The Morgan fingerprint density at radius 3 is 2.50 bits per heavy atom. The molecule has 0 bridgehead atoms. The fraction of sp³-hybridized carbons (Fsp3) is 0.143. The van der Waals surface area contributed by atoms with E-state index in [-0.39, 0.29) is 11.0 Å². The zero-order valence-corrected chi connectivity index (χ0v) is 14.9. The van der Waals surface area contributed by atoms with Crippen molar-refractivity contribution in [2.45, 2.75) is 13.8 Å². The topological polar surface area (TPSA) is 60.3 Å². The van der Waals surface area contributed by atoms with Crippen LogP contribution in [0.1, 0.15) is 21.6 Å². The monoisotopic (exact) mass is 348 g/mol. The summed E-state index contributed by atoms with van der Waals surface area (Å²) in [5.74, 6) is 0.714. The van der Waals surface area contributed by atoms with Gasteiger partial charge >= 0.3 is 0 Å². The largest absolute Gasteiger partial charge is 0.455 e. The van der Waals surface area contributed by atoms with E-state index in [4.69, 9.17) is 4.74 Å². The van der Waals surface area contributed by atoms with Crippen LogP contribution >= 0.6 is 0 Å². The first-order chi connectivity index (χ1) is 12.4. The number of nitrogens with zero attached hydrogens (tertiary/aromatic N) is 1. The zero-order valence-electron chi connectivity index (χ0n) is 14.9. The first-order valence-corrected chi connectivity index (χ1v) is 8.26. The predicted molar refractivity (Wildman–Crippen MR) is 102 cm³/mol. The van der Waals surface area contributed by atoms with Crippen molar-refractivity contribution in [3.63, 3.8) is 0 Å². The van der Waals surface area contributed by atoms with Crippen molar-refractivity contribution < 1.29 is 9.53 Å². The lowest BCUT2D eigenvalue weighted by molar-refractivity contribution is 0.102. The molecule has 0 spiro atoms. The van der Waals surface area contributed by atoms with Crippen LogP contribution in [0.5, 0.6) is 11.5 Å². The smallest absolute Gasteiger partial charge is 0.261 e. The fourth-order valence-electron chi connectivity index (χ4n) is 2.53. The second-order valence-electron chi connectivity index (χ2n) is 6.17. The molecule has 1 heterocycles. The van der Waals surface area contributed by atoms with Crippen molar-refractivity contribution in [1.82, 2.24) is 4.57 Å². The molecule has 0 aliphatic rings. The number of rotatable bonds is 4. The number of hydrogen-bond donors (Lipinski definition) is 1. The van der Waals surface area contributed by atoms with Gasteiger partial charge in [0.2, 0.25) is 0 Å². The fourth-order valence-corrected chi connectivity index (χ4v) is 2.53. The number of para-hydroxylation sites is 1. The number of nitrogens with one attached hydrogen (secondary N) is 1. The van der Waals surface area contributed by atoms with Crippen LogP contribution in [0.4, 0.5) is 5.69 Å². The van der Waals surface area contributed by atoms with Crippen LogP contribution in [-0.2, 0) is 7.05 Å². The van der Waals surface area contributed by atoms with Crippen molar-refractivity contribution in [3.8, 4) is 11.5 Å². The molecule has 132 valence electrons. The zero-order chi connectivity index (χ0) is 18.7. The van der Waals surface area contributed by atoms with Crippen LogP contribution in [-0.4, -0.2) is 10.5 Å². The second kappa shape index (κ2) is 7.27. The number of anilines is 1. The Balaban J connectivity index is 1.92. The number of hydrogen-bond acceptors (Lipinski definition) is 3. The van der Waals surface area contributed by atoms with Gasteiger partial charge in [-0.1, -0.05) is 24.3 Å². The summed E-state index contributed by atoms with van der Waals surface area (Å²) in [5, 5.41) is 2.80. The summed E-state index contributed by atoms with van der Waals surface area (Å²) in [6.45, 7) is 3.74. The number of benzene rings is 2. The van der Waals surface area contributed by atoms with Gasteiger partial charge in [0.15, 0.2) is 11.2 Å². The maximum atomic E-state index is 12.6. The normalized spacial score (nSPS) is 10.4. The van der Waals surface area contributed by atoms with E-state index in [0.717, 1.165) is 11.3 Å². The molecule has 2 aromatic carbocycles. The number of aryl methyl sites for hydroxylation is 3. The van der Waals surface area contributed by atoms with Gasteiger partial charge in [-0.3, -0.25) is 9.59 Å². The van der Waals surface area contributed by atoms with E-state index in [0.29, 0.717) is 17.2 Å². The Morgan fingerprint density at radius 1 is 1.04 bits per heavy atom. The van der Waals surface area contributed by atoms with Gasteiger partial charge in [-0.25, -0.2) is 0 Å². The molecular weight excluding hydrogens is 328 g/mol. The number of carbonyl (C=O) groups excluding carboxylic acids is 1. The van der Waals surface area contributed by atoms with Gasteiger partial charge < -0.3 is 14.6 Å². The van der Waals surface area contributed by atoms with E-state index in [2.05, 4.69) is 5.32 Å². The van der Waals surface area contributed by atoms with Gasteiger partial charge in [0, 0.05) is 25.0 Å². The molecule has 5 heteroatoms. The van der Waals surface area contributed by atoms with Gasteiger partial charge in [0.05, 0.1) is 5.69 Å². The lowest BCUT2D eigenvalue weighted by atomic mass is 10.2. The number of ether oxygens (including phenoxy) is 1. The van der Waals surface area contributed by atoms with Gasteiger partial charge in [0.1, 0.15) is 11.3 Å². The predicted octanol–water partition coefficient (Wildman–Crippen LogP) is 4.05. The quantitative estimate of drug-likeness (QED) is 0.774. The Labute approximate surface area is 151 Å². The van der Waals surface area contributed by atoms with Crippen molar-refractivity contribution >= 4 is 11.6 Å². The first kappa shape index (κ1) is 17.5. The molecule has 0 aliphatic carbocycles. The third kappa shape index (κ3) is 3.83. The second-order valence-corrected chi connectivity index (χ2v) is 6.17. The van der Waals surface area contributed by atoms with Crippen LogP contribution in [0.3, 0.4) is 0 Å². The van der Waals surface area contributed by atoms with E-state index < -0.39 is 5.91 Å². The molecular formula is C21H20N2O3. The van der Waals surface area contributed by atoms with E-state index in [9.17, 15) is 9.59 Å². The Kier molecular flexibility index (Phi) is 4.89. The number of aromatic nitrogens is 1. The van der Waals surface area contributed by atoms with Crippen LogP contribution < -0.4 is 15.5 Å². The van der Waals surface area contributed by atoms with Gasteiger partial charge in [0.25, 0.3) is 5.91 Å². The molecule has 3 aromatic rings. The number of amides is 1. The Hall–Kier alpha value is -3.34. The van der Waals surface area contributed by atoms with E-state index in [1.54, 1.807) is 23.9 Å². The van der Waals surface area contributed by atoms with E-state index >= 15 is 0 Å². The summed E-state index contributed by atoms with van der Waals surface area (Å²) < 4.78 is 7.62. The third-order valence-electron chi connectivity index (χ3n) is 4.08. The van der Waals surface area contributed by atoms with Crippen LogP contribution in [0.25, 0.3) is 0 Å². The highest BCUT2D eigenvalue weighted by Gasteiger charge is 2.15. The third-order valence-corrected chi connectivity index (χ3v) is 4.08. The Morgan fingerprint density at radius 2 is 1.77 bits per heavy atom. The van der Waals surface area contributed by atoms with Crippen LogP contribution in [0.2, 0.25) is 0 Å². The first-order valence-electron chi connectivity index (χ1n) is 8.26. The van der Waals surface area contributed by atoms with Crippen molar-refractivity contribution in [1.29, 1.82) is 0 Å². The SMILES string of the molecule is Cc1ccc(Oc2ccccc2)c(NC(=O)c2cn(C)c(C)cc2=O)c1. The average Bonchev–Trinajstić information content (AvgIpc) is 2.61. The van der Waals surface area contributed by atoms with Gasteiger partial charge in [-0.2, -0.15) is 0 Å². The van der Waals surface area contributed by atoms with Crippen molar-refractivity contribution in [2.24, 2.45) is 7.05 Å². The maximum absolute atomic E-state index is 12.6. The minimum atomic E-state index is -0.464. The molecule has 0 unspecified atom stereocenters. The average molecular weight is 348 g/mol. The summed E-state index contributed by atoms with van der Waals surface area (Å²) in [7, 11) is 1.79. The summed E-state index contributed by atoms with van der Waals surface area (Å²) >= 11 is 0. The summed E-state index contributed by atoms with van der Waals surface area (Å²) in [5.41, 5.74) is 2.05. The van der Waals surface area contributed by atoms with Crippen LogP contribution in [0.15, 0.2) is 65.6 Å². The molecule has 1 amide bonds. The maximum Gasteiger partial charge on any atom is 0.261 e. The highest BCUT2D eigenvalue weighted by Crippen LogP contribution is 2.30. The van der Waals surface area contributed by atoms with Crippen molar-refractivity contribution in [3.05, 3.63) is 87.8 Å². The molecule has 0 saturated carbocycles. The molecule has 5 nitrogen and oxygen atoms in total. The van der Waals surface area contributed by atoms with Gasteiger partial charge in [-0.05, 0) is 43.7 Å². The number of carbonyl (C=O) groups is 1. The molecule has 26 heavy (non-hydrogen) atoms. The van der Waals surface area contributed by atoms with Crippen LogP contribution in [0, 0.1) is 13.8 Å². The van der Waals surface area contributed by atoms with Crippen molar-refractivity contribution in [2.75, 3.05) is 5.32 Å². The molecule has 1 aromatic heterocycles. The standard InChI is InChI=1S/C21H20N2O3/c1-14-9-10-20(26-16-7-5-4-6-8-16)18(11-14)22-21(25)17-13-23(3)15(2)12-19(17)24/h4-13H,1-3H3,(H,22,25). The lowest BCUT2D eigenvalue weighted by Gasteiger charge is -2.14. The minimum absolute atomic E-state index is 0.0882. The molecule has 0 atom stereocenters. The molecule has 0 aliphatic heterocycles. The minimum Gasteiger partial charge on any atom is -0.455 e. The molecule has 0 saturated heterocycles. The summed E-state index contributed by atoms with van der Waals surface area (Å²) in [4.78, 5) is 24.8. The Bertz CT molecular complexity index is 1010. The summed E-state index contributed by atoms with van der Waals surface area (Å²) in [6.07, 6.45) is 1.54. The molecule has 0 radical (unpaired) electrons. The highest BCUT2D eigenvalue weighted by atomic mass is 16.5. The van der Waals surface area contributed by atoms with Gasteiger partial charge in [-0.15, -0.1) is 0 Å².